The Hall–Kier alpha value is -0.470. The number of hydrogen-bond donors (Lipinski definition) is 1. The van der Waals surface area contributed by atoms with Crippen LogP contribution in [0.1, 0.15) is 35.4 Å². The maximum absolute atomic E-state index is 3.66. The summed E-state index contributed by atoms with van der Waals surface area (Å²) in [4.78, 5) is 0. The molecule has 1 aromatic carbocycles. The second-order valence-electron chi connectivity index (χ2n) is 4.47. The van der Waals surface area contributed by atoms with E-state index in [0.717, 1.165) is 0 Å². The molecule has 0 radical (unpaired) electrons. The van der Waals surface area contributed by atoms with Crippen LogP contribution in [0.4, 0.5) is 0 Å². The molecule has 1 aliphatic rings. The molecule has 0 saturated carbocycles. The lowest BCUT2D eigenvalue weighted by molar-refractivity contribution is 0.511. The minimum Gasteiger partial charge on any atom is -0.299 e. The van der Waals surface area contributed by atoms with E-state index >= 15 is 0 Å². The molecule has 2 heteroatoms. The van der Waals surface area contributed by atoms with Crippen molar-refractivity contribution in [3.8, 4) is 0 Å². The van der Waals surface area contributed by atoms with E-state index in [-0.39, 0.29) is 0 Å². The maximum atomic E-state index is 3.66. The van der Waals surface area contributed by atoms with Gasteiger partial charge in [-0.25, -0.2) is 0 Å². The van der Waals surface area contributed by atoms with Gasteiger partial charge in [0, 0.05) is 6.04 Å². The fraction of sp³-hybridized carbons (Fsp3) is 0.538. The molecule has 0 bridgehead atoms. The Morgan fingerprint density at radius 2 is 2.13 bits per heavy atom. The third kappa shape index (κ3) is 2.56. The zero-order chi connectivity index (χ0) is 10.8. The quantitative estimate of drug-likeness (QED) is 0.780. The molecule has 2 atom stereocenters. The topological polar surface area (TPSA) is 12.0 Å². The Morgan fingerprint density at radius 1 is 1.33 bits per heavy atom. The molecule has 2 rings (SSSR count). The van der Waals surface area contributed by atoms with Crippen molar-refractivity contribution in [1.29, 1.82) is 0 Å². The van der Waals surface area contributed by atoms with E-state index in [9.17, 15) is 0 Å². The van der Waals surface area contributed by atoms with Gasteiger partial charge in [0.2, 0.25) is 0 Å². The molecule has 82 valence electrons. The zero-order valence-corrected chi connectivity index (χ0v) is 10.5. The first-order valence-corrected chi connectivity index (χ1v) is 6.66. The maximum Gasteiger partial charge on any atom is 0.0794 e. The monoisotopic (exact) mass is 221 g/mol. The van der Waals surface area contributed by atoms with Gasteiger partial charge < -0.3 is 0 Å². The number of hydrogen-bond acceptors (Lipinski definition) is 2. The molecule has 1 nitrogen and oxygen atoms in total. The van der Waals surface area contributed by atoms with Crippen molar-refractivity contribution in [3.05, 3.63) is 34.9 Å². The first-order chi connectivity index (χ1) is 7.16. The van der Waals surface area contributed by atoms with Gasteiger partial charge in [-0.2, -0.15) is 0 Å². The molecule has 15 heavy (non-hydrogen) atoms. The highest BCUT2D eigenvalue weighted by Gasteiger charge is 2.20. The third-order valence-corrected chi connectivity index (χ3v) is 4.18. The second-order valence-corrected chi connectivity index (χ2v) is 5.68. The summed E-state index contributed by atoms with van der Waals surface area (Å²) in [5, 5.41) is 4.16. The van der Waals surface area contributed by atoms with E-state index in [4.69, 9.17) is 0 Å². The summed E-state index contributed by atoms with van der Waals surface area (Å²) in [6, 6.07) is 7.39. The van der Waals surface area contributed by atoms with Crippen molar-refractivity contribution in [1.82, 2.24) is 5.32 Å². The fourth-order valence-corrected chi connectivity index (χ4v) is 3.46. The van der Waals surface area contributed by atoms with Crippen LogP contribution in [0.5, 0.6) is 0 Å². The predicted molar refractivity (Wildman–Crippen MR) is 68.3 cm³/mol. The van der Waals surface area contributed by atoms with Crippen molar-refractivity contribution in [2.24, 2.45) is 0 Å². The van der Waals surface area contributed by atoms with E-state index in [1.54, 1.807) is 0 Å². The van der Waals surface area contributed by atoms with Crippen LogP contribution < -0.4 is 5.32 Å². The Morgan fingerprint density at radius 3 is 2.87 bits per heavy atom. The molecule has 0 aliphatic carbocycles. The molecule has 1 N–H and O–H groups in total. The minimum absolute atomic E-state index is 0.494. The molecule has 1 saturated heterocycles. The summed E-state index contributed by atoms with van der Waals surface area (Å²) in [5.74, 6) is 1.27. The molecule has 1 aliphatic heterocycles. The Balaban J connectivity index is 2.24. The molecule has 0 amide bonds. The smallest absolute Gasteiger partial charge is 0.0794 e. The van der Waals surface area contributed by atoms with E-state index in [1.807, 2.05) is 11.8 Å². The number of thioether (sulfide) groups is 1. The summed E-state index contributed by atoms with van der Waals surface area (Å²) < 4.78 is 0. The first-order valence-electron chi connectivity index (χ1n) is 5.61. The van der Waals surface area contributed by atoms with Crippen molar-refractivity contribution >= 4 is 11.8 Å². The van der Waals surface area contributed by atoms with Gasteiger partial charge in [0.1, 0.15) is 0 Å². The molecular formula is C13H19NS. The third-order valence-electron chi connectivity index (χ3n) is 2.99. The Bertz CT molecular complexity index is 348. The van der Waals surface area contributed by atoms with Gasteiger partial charge in [-0.3, -0.25) is 5.32 Å². The SMILES string of the molecule is Cc1ccc(C)c(C2NC(C)CCS2)c1. The number of benzene rings is 1. The Labute approximate surface area is 96.7 Å². The Kier molecular flexibility index (Phi) is 3.37. The van der Waals surface area contributed by atoms with Gasteiger partial charge in [0.25, 0.3) is 0 Å². The van der Waals surface area contributed by atoms with Gasteiger partial charge in [-0.15, -0.1) is 11.8 Å². The van der Waals surface area contributed by atoms with Crippen LogP contribution in [0.3, 0.4) is 0 Å². The van der Waals surface area contributed by atoms with Crippen molar-refractivity contribution in [2.75, 3.05) is 5.75 Å². The van der Waals surface area contributed by atoms with Crippen LogP contribution in [-0.4, -0.2) is 11.8 Å². The number of nitrogens with one attached hydrogen (secondary N) is 1. The average Bonchev–Trinajstić information content (AvgIpc) is 2.22. The van der Waals surface area contributed by atoms with Crippen LogP contribution >= 0.6 is 11.8 Å². The van der Waals surface area contributed by atoms with Crippen LogP contribution in [0.2, 0.25) is 0 Å². The zero-order valence-electron chi connectivity index (χ0n) is 9.71. The number of aryl methyl sites for hydroxylation is 2. The lowest BCUT2D eigenvalue weighted by Gasteiger charge is -2.29. The van der Waals surface area contributed by atoms with Crippen LogP contribution in [0.15, 0.2) is 18.2 Å². The van der Waals surface area contributed by atoms with Crippen molar-refractivity contribution in [2.45, 2.75) is 38.6 Å². The first kappa shape index (κ1) is 11.0. The van der Waals surface area contributed by atoms with Gasteiger partial charge in [-0.05, 0) is 44.1 Å². The lowest BCUT2D eigenvalue weighted by atomic mass is 10.0. The van der Waals surface area contributed by atoms with E-state index in [0.29, 0.717) is 11.4 Å². The van der Waals surface area contributed by atoms with Crippen molar-refractivity contribution in [3.63, 3.8) is 0 Å². The average molecular weight is 221 g/mol. The molecular weight excluding hydrogens is 202 g/mol. The largest absolute Gasteiger partial charge is 0.299 e. The summed E-state index contributed by atoms with van der Waals surface area (Å²) in [6.07, 6.45) is 1.28. The van der Waals surface area contributed by atoms with Gasteiger partial charge in [-0.1, -0.05) is 23.8 Å². The second kappa shape index (κ2) is 4.58. The van der Waals surface area contributed by atoms with Crippen LogP contribution in [0, 0.1) is 13.8 Å². The van der Waals surface area contributed by atoms with Crippen molar-refractivity contribution < 1.29 is 0 Å². The van der Waals surface area contributed by atoms with E-state index in [2.05, 4.69) is 44.3 Å². The molecule has 1 fully saturated rings. The molecule has 0 spiro atoms. The standard InChI is InChI=1S/C13H19NS/c1-9-4-5-10(2)12(8-9)13-14-11(3)6-7-15-13/h4-5,8,11,13-14H,6-7H2,1-3H3. The van der Waals surface area contributed by atoms with Gasteiger partial charge in [0.15, 0.2) is 0 Å². The molecule has 1 heterocycles. The van der Waals surface area contributed by atoms with Gasteiger partial charge in [0.05, 0.1) is 5.37 Å². The highest BCUT2D eigenvalue weighted by atomic mass is 32.2. The van der Waals surface area contributed by atoms with Crippen LogP contribution in [-0.2, 0) is 0 Å². The molecule has 2 unspecified atom stereocenters. The minimum atomic E-state index is 0.494. The summed E-state index contributed by atoms with van der Waals surface area (Å²) in [7, 11) is 0. The highest BCUT2D eigenvalue weighted by Crippen LogP contribution is 2.33. The van der Waals surface area contributed by atoms with Crippen LogP contribution in [0.25, 0.3) is 0 Å². The van der Waals surface area contributed by atoms with E-state index < -0.39 is 0 Å². The summed E-state index contributed by atoms with van der Waals surface area (Å²) in [5.41, 5.74) is 4.22. The lowest BCUT2D eigenvalue weighted by Crippen LogP contribution is -2.33. The van der Waals surface area contributed by atoms with E-state index in [1.165, 1.54) is 28.9 Å². The normalized spacial score (nSPS) is 26.6. The molecule has 0 aromatic heterocycles. The summed E-state index contributed by atoms with van der Waals surface area (Å²) >= 11 is 2.03. The fourth-order valence-electron chi connectivity index (χ4n) is 1.97. The van der Waals surface area contributed by atoms with Gasteiger partial charge >= 0.3 is 0 Å². The number of rotatable bonds is 1. The molecule has 1 aromatic rings. The highest BCUT2D eigenvalue weighted by molar-refractivity contribution is 7.99. The summed E-state index contributed by atoms with van der Waals surface area (Å²) in [6.45, 7) is 6.65. The predicted octanol–water partition coefficient (Wildman–Crippen LogP) is 3.42.